The van der Waals surface area contributed by atoms with Crippen LogP contribution in [-0.2, 0) is 9.84 Å². The van der Waals surface area contributed by atoms with Gasteiger partial charge >= 0.3 is 0 Å². The molecule has 13 heavy (non-hydrogen) atoms. The van der Waals surface area contributed by atoms with Crippen LogP contribution in [0, 0.1) is 0 Å². The minimum atomic E-state index is -2.79. The molecule has 5 heteroatoms. The summed E-state index contributed by atoms with van der Waals surface area (Å²) >= 11 is 0. The molecule has 1 saturated heterocycles. The maximum atomic E-state index is 11.2. The second-order valence-corrected chi connectivity index (χ2v) is 6.00. The highest BCUT2D eigenvalue weighted by atomic mass is 32.2. The number of hydrogen-bond acceptors (Lipinski definition) is 4. The lowest BCUT2D eigenvalue weighted by molar-refractivity contribution is 0.189. The van der Waals surface area contributed by atoms with Gasteiger partial charge in [0.05, 0.1) is 5.75 Å². The summed E-state index contributed by atoms with van der Waals surface area (Å²) in [5.74, 6) is 0.542. The summed E-state index contributed by atoms with van der Waals surface area (Å²) in [7, 11) is -0.811. The standard InChI is InChI=1S/C8H18N2O2S/c1-3-13(11,12)5-4-10(2)8-6-9-7-8/h8-9H,3-7H2,1-2H3. The fourth-order valence-corrected chi connectivity index (χ4v) is 2.05. The highest BCUT2D eigenvalue weighted by Gasteiger charge is 2.22. The van der Waals surface area contributed by atoms with E-state index in [4.69, 9.17) is 0 Å². The first-order valence-corrected chi connectivity index (χ1v) is 6.48. The van der Waals surface area contributed by atoms with E-state index in [1.54, 1.807) is 6.92 Å². The number of likely N-dealkylation sites (N-methyl/N-ethyl adjacent to an activating group) is 1. The first-order chi connectivity index (χ1) is 6.05. The topological polar surface area (TPSA) is 49.4 Å². The van der Waals surface area contributed by atoms with Crippen LogP contribution in [-0.4, -0.2) is 57.5 Å². The summed E-state index contributed by atoms with van der Waals surface area (Å²) in [4.78, 5) is 2.11. The van der Waals surface area contributed by atoms with Crippen molar-refractivity contribution >= 4 is 9.84 Å². The van der Waals surface area contributed by atoms with Crippen molar-refractivity contribution in [3.63, 3.8) is 0 Å². The Labute approximate surface area is 80.2 Å². The fraction of sp³-hybridized carbons (Fsp3) is 1.00. The zero-order chi connectivity index (χ0) is 9.90. The Hall–Kier alpha value is -0.130. The number of sulfone groups is 1. The van der Waals surface area contributed by atoms with E-state index in [9.17, 15) is 8.42 Å². The van der Waals surface area contributed by atoms with E-state index >= 15 is 0 Å². The fourth-order valence-electron chi connectivity index (χ4n) is 1.20. The maximum Gasteiger partial charge on any atom is 0.151 e. The van der Waals surface area contributed by atoms with Crippen molar-refractivity contribution in [1.82, 2.24) is 10.2 Å². The average molecular weight is 206 g/mol. The third kappa shape index (κ3) is 3.25. The molecule has 0 saturated carbocycles. The predicted molar refractivity (Wildman–Crippen MR) is 53.6 cm³/mol. The van der Waals surface area contributed by atoms with Crippen molar-refractivity contribution in [2.24, 2.45) is 0 Å². The Balaban J connectivity index is 2.25. The van der Waals surface area contributed by atoms with Gasteiger partial charge in [0.1, 0.15) is 0 Å². The first-order valence-electron chi connectivity index (χ1n) is 4.66. The van der Waals surface area contributed by atoms with Crippen LogP contribution < -0.4 is 5.32 Å². The van der Waals surface area contributed by atoms with Gasteiger partial charge in [-0.1, -0.05) is 6.92 Å². The normalized spacial score (nSPS) is 19.0. The van der Waals surface area contributed by atoms with Crippen molar-refractivity contribution in [2.75, 3.05) is 38.2 Å². The van der Waals surface area contributed by atoms with E-state index in [0.717, 1.165) is 13.1 Å². The van der Waals surface area contributed by atoms with Gasteiger partial charge in [-0.2, -0.15) is 0 Å². The Morgan fingerprint density at radius 3 is 2.46 bits per heavy atom. The maximum absolute atomic E-state index is 11.2. The van der Waals surface area contributed by atoms with Gasteiger partial charge in [0.2, 0.25) is 0 Å². The molecule has 1 heterocycles. The van der Waals surface area contributed by atoms with Crippen LogP contribution in [0.3, 0.4) is 0 Å². The number of hydrogen-bond donors (Lipinski definition) is 1. The quantitative estimate of drug-likeness (QED) is 0.648. The molecule has 1 rings (SSSR count). The van der Waals surface area contributed by atoms with E-state index in [-0.39, 0.29) is 11.5 Å². The average Bonchev–Trinajstić information content (AvgIpc) is 1.98. The lowest BCUT2D eigenvalue weighted by atomic mass is 10.1. The predicted octanol–water partition coefficient (Wildman–Crippen LogP) is -0.675. The van der Waals surface area contributed by atoms with Crippen LogP contribution in [0.1, 0.15) is 6.92 Å². The largest absolute Gasteiger partial charge is 0.314 e. The second kappa shape index (κ2) is 4.39. The molecule has 0 aliphatic carbocycles. The molecule has 0 radical (unpaired) electrons. The highest BCUT2D eigenvalue weighted by Crippen LogP contribution is 2.02. The minimum absolute atomic E-state index is 0.254. The monoisotopic (exact) mass is 206 g/mol. The van der Waals surface area contributed by atoms with Crippen LogP contribution in [0.2, 0.25) is 0 Å². The number of nitrogens with one attached hydrogen (secondary N) is 1. The highest BCUT2D eigenvalue weighted by molar-refractivity contribution is 7.91. The molecule has 1 fully saturated rings. The Bertz CT molecular complexity index is 247. The van der Waals surface area contributed by atoms with Crippen molar-refractivity contribution in [1.29, 1.82) is 0 Å². The molecular weight excluding hydrogens is 188 g/mol. The molecule has 0 spiro atoms. The molecule has 1 aliphatic heterocycles. The smallest absolute Gasteiger partial charge is 0.151 e. The van der Waals surface area contributed by atoms with Gasteiger partial charge in [-0.15, -0.1) is 0 Å². The van der Waals surface area contributed by atoms with Gasteiger partial charge in [-0.05, 0) is 7.05 Å². The summed E-state index contributed by atoms with van der Waals surface area (Å²) in [5, 5.41) is 3.16. The van der Waals surface area contributed by atoms with Gasteiger partial charge in [0, 0.05) is 31.4 Å². The third-order valence-corrected chi connectivity index (χ3v) is 4.26. The molecular formula is C8H18N2O2S. The van der Waals surface area contributed by atoms with E-state index in [1.165, 1.54) is 0 Å². The number of rotatable bonds is 5. The summed E-state index contributed by atoms with van der Waals surface area (Å²) < 4.78 is 22.4. The molecule has 0 aromatic heterocycles. The van der Waals surface area contributed by atoms with Crippen LogP contribution in [0.4, 0.5) is 0 Å². The van der Waals surface area contributed by atoms with Crippen molar-refractivity contribution in [2.45, 2.75) is 13.0 Å². The van der Waals surface area contributed by atoms with E-state index in [1.807, 2.05) is 7.05 Å². The molecule has 0 atom stereocenters. The van der Waals surface area contributed by atoms with Crippen LogP contribution in [0.15, 0.2) is 0 Å². The lowest BCUT2D eigenvalue weighted by Gasteiger charge is -2.35. The van der Waals surface area contributed by atoms with Crippen molar-refractivity contribution in [3.05, 3.63) is 0 Å². The lowest BCUT2D eigenvalue weighted by Crippen LogP contribution is -2.56. The molecule has 1 aliphatic rings. The summed E-state index contributed by atoms with van der Waals surface area (Å²) in [6.45, 7) is 4.33. The van der Waals surface area contributed by atoms with Crippen LogP contribution >= 0.6 is 0 Å². The SMILES string of the molecule is CCS(=O)(=O)CCN(C)C1CNC1. The molecule has 0 bridgehead atoms. The molecule has 0 unspecified atom stereocenters. The van der Waals surface area contributed by atoms with E-state index in [0.29, 0.717) is 12.6 Å². The molecule has 0 aromatic rings. The first kappa shape index (κ1) is 10.9. The van der Waals surface area contributed by atoms with Gasteiger partial charge in [0.25, 0.3) is 0 Å². The molecule has 78 valence electrons. The van der Waals surface area contributed by atoms with E-state index in [2.05, 4.69) is 10.2 Å². The van der Waals surface area contributed by atoms with Crippen molar-refractivity contribution < 1.29 is 8.42 Å². The Kier molecular flexibility index (Phi) is 3.70. The van der Waals surface area contributed by atoms with Gasteiger partial charge in [-0.3, -0.25) is 4.90 Å². The number of nitrogens with zero attached hydrogens (tertiary/aromatic N) is 1. The molecule has 4 nitrogen and oxygen atoms in total. The minimum Gasteiger partial charge on any atom is -0.314 e. The zero-order valence-electron chi connectivity index (χ0n) is 8.28. The van der Waals surface area contributed by atoms with Gasteiger partial charge in [-0.25, -0.2) is 8.42 Å². The summed E-state index contributed by atoms with van der Waals surface area (Å²) in [5.41, 5.74) is 0. The summed E-state index contributed by atoms with van der Waals surface area (Å²) in [6, 6.07) is 0.534. The van der Waals surface area contributed by atoms with E-state index < -0.39 is 9.84 Å². The Morgan fingerprint density at radius 2 is 2.08 bits per heavy atom. The second-order valence-electron chi connectivity index (χ2n) is 3.53. The zero-order valence-corrected chi connectivity index (χ0v) is 9.10. The summed E-state index contributed by atoms with van der Waals surface area (Å²) in [6.07, 6.45) is 0. The van der Waals surface area contributed by atoms with Crippen molar-refractivity contribution in [3.8, 4) is 0 Å². The molecule has 1 N–H and O–H groups in total. The van der Waals surface area contributed by atoms with Gasteiger partial charge in [0.15, 0.2) is 9.84 Å². The molecule has 0 aromatic carbocycles. The van der Waals surface area contributed by atoms with Crippen LogP contribution in [0.5, 0.6) is 0 Å². The van der Waals surface area contributed by atoms with Gasteiger partial charge < -0.3 is 5.32 Å². The Morgan fingerprint density at radius 1 is 1.46 bits per heavy atom. The third-order valence-electron chi connectivity index (χ3n) is 2.58. The molecule has 0 amide bonds. The van der Waals surface area contributed by atoms with Crippen LogP contribution in [0.25, 0.3) is 0 Å².